The van der Waals surface area contributed by atoms with E-state index in [1.165, 1.54) is 12.8 Å². The van der Waals surface area contributed by atoms with Gasteiger partial charge in [-0.25, -0.2) is 0 Å². The smallest absolute Gasteiger partial charge is 0.132 e. The molecule has 1 saturated heterocycles. The Bertz CT molecular complexity index is 382. The maximum absolute atomic E-state index is 10.3. The molecule has 0 amide bonds. The fraction of sp³-hybridized carbons (Fsp3) is 0.750. The molecule has 2 heterocycles. The minimum Gasteiger partial charge on any atom is -0.467 e. The van der Waals surface area contributed by atoms with E-state index in [4.69, 9.17) is 9.15 Å². The van der Waals surface area contributed by atoms with Gasteiger partial charge in [-0.15, -0.1) is 0 Å². The predicted octanol–water partition coefficient (Wildman–Crippen LogP) is 1.96. The van der Waals surface area contributed by atoms with Crippen molar-refractivity contribution in [3.05, 3.63) is 24.2 Å². The largest absolute Gasteiger partial charge is 0.467 e. The van der Waals surface area contributed by atoms with E-state index in [-0.39, 0.29) is 6.04 Å². The molecule has 0 spiro atoms. The van der Waals surface area contributed by atoms with Gasteiger partial charge in [0, 0.05) is 19.7 Å². The number of rotatable bonds is 7. The molecule has 0 aromatic carbocycles. The average Bonchev–Trinajstić information content (AvgIpc) is 2.91. The lowest BCUT2D eigenvalue weighted by atomic mass is 10.0. The monoisotopic (exact) mass is 297 g/mol. The number of methoxy groups -OCH3 is 1. The molecule has 0 saturated carbocycles. The van der Waals surface area contributed by atoms with E-state index in [9.17, 15) is 10.2 Å². The van der Waals surface area contributed by atoms with E-state index in [1.54, 1.807) is 19.4 Å². The molecule has 0 bridgehead atoms. The summed E-state index contributed by atoms with van der Waals surface area (Å²) in [5, 5.41) is 20.3. The van der Waals surface area contributed by atoms with Gasteiger partial charge in [0.15, 0.2) is 0 Å². The van der Waals surface area contributed by atoms with Crippen LogP contribution >= 0.6 is 0 Å². The van der Waals surface area contributed by atoms with Crippen LogP contribution in [0, 0.1) is 0 Å². The number of nitrogens with zero attached hydrogens (tertiary/aromatic N) is 1. The zero-order valence-corrected chi connectivity index (χ0v) is 12.8. The molecule has 0 aliphatic carbocycles. The highest BCUT2D eigenvalue weighted by Gasteiger charge is 2.26. The maximum atomic E-state index is 10.3. The fourth-order valence-corrected chi connectivity index (χ4v) is 3.11. The topological polar surface area (TPSA) is 66.1 Å². The van der Waals surface area contributed by atoms with Crippen molar-refractivity contribution in [1.82, 2.24) is 4.90 Å². The normalized spacial score (nSPS) is 23.7. The first-order chi connectivity index (χ1) is 10.2. The molecule has 1 fully saturated rings. The second-order valence-electron chi connectivity index (χ2n) is 5.87. The van der Waals surface area contributed by atoms with Crippen LogP contribution in [0.4, 0.5) is 0 Å². The molecule has 3 atom stereocenters. The van der Waals surface area contributed by atoms with Crippen LogP contribution in [-0.4, -0.2) is 54.1 Å². The molecule has 1 aromatic rings. The summed E-state index contributed by atoms with van der Waals surface area (Å²) in [5.41, 5.74) is 0. The summed E-state index contributed by atoms with van der Waals surface area (Å²) in [6.45, 7) is 1.92. The minimum absolute atomic E-state index is 0.277. The third kappa shape index (κ3) is 5.11. The lowest BCUT2D eigenvalue weighted by molar-refractivity contribution is 0.0161. The zero-order valence-electron chi connectivity index (χ0n) is 12.8. The molecule has 2 rings (SSSR count). The Morgan fingerprint density at radius 2 is 2.24 bits per heavy atom. The van der Waals surface area contributed by atoms with Crippen molar-refractivity contribution in [2.45, 2.75) is 50.4 Å². The molecule has 0 unspecified atom stereocenters. The summed E-state index contributed by atoms with van der Waals surface area (Å²) < 4.78 is 10.3. The average molecular weight is 297 g/mol. The number of furan rings is 1. The summed E-state index contributed by atoms with van der Waals surface area (Å²) in [4.78, 5) is 2.29. The Kier molecular flexibility index (Phi) is 6.70. The first kappa shape index (κ1) is 16.5. The zero-order chi connectivity index (χ0) is 15.1. The van der Waals surface area contributed by atoms with Crippen LogP contribution in [0.1, 0.15) is 44.0 Å². The third-order valence-electron chi connectivity index (χ3n) is 4.17. The molecule has 5 heteroatoms. The van der Waals surface area contributed by atoms with Crippen LogP contribution in [0.3, 0.4) is 0 Å². The van der Waals surface area contributed by atoms with Crippen molar-refractivity contribution in [3.63, 3.8) is 0 Å². The van der Waals surface area contributed by atoms with Gasteiger partial charge in [0.1, 0.15) is 11.9 Å². The predicted molar refractivity (Wildman–Crippen MR) is 80.0 cm³/mol. The standard InChI is InChI=1S/C16H27NO4/c1-20-12-14(18)11-17-8-4-2-3-6-13(17)10-15(19)16-7-5-9-21-16/h5,7,9,13-15,18-19H,2-4,6,8,10-12H2,1H3/t13-,14+,15-/m0/s1. The van der Waals surface area contributed by atoms with E-state index in [0.717, 1.165) is 19.4 Å². The molecule has 1 aliphatic heterocycles. The highest BCUT2D eigenvalue weighted by molar-refractivity contribution is 5.02. The Morgan fingerprint density at radius 3 is 2.95 bits per heavy atom. The van der Waals surface area contributed by atoms with E-state index in [2.05, 4.69) is 4.90 Å². The summed E-state index contributed by atoms with van der Waals surface area (Å²) in [7, 11) is 1.60. The number of ether oxygens (including phenoxy) is 1. The molecule has 1 aliphatic rings. The van der Waals surface area contributed by atoms with Gasteiger partial charge < -0.3 is 19.4 Å². The summed E-state index contributed by atoms with van der Waals surface area (Å²) in [5.74, 6) is 0.622. The van der Waals surface area contributed by atoms with E-state index in [0.29, 0.717) is 25.3 Å². The minimum atomic E-state index is -0.579. The SMILES string of the molecule is COC[C@H](O)CN1CCCCC[C@H]1C[C@H](O)c1ccco1. The number of aliphatic hydroxyl groups is 2. The molecular weight excluding hydrogens is 270 g/mol. The molecule has 120 valence electrons. The number of aliphatic hydroxyl groups excluding tert-OH is 2. The summed E-state index contributed by atoms with van der Waals surface area (Å²) in [6, 6.07) is 3.89. The van der Waals surface area contributed by atoms with Crippen LogP contribution in [0.15, 0.2) is 22.8 Å². The lowest BCUT2D eigenvalue weighted by Gasteiger charge is -2.32. The van der Waals surface area contributed by atoms with Crippen molar-refractivity contribution in [1.29, 1.82) is 0 Å². The molecule has 2 N–H and O–H groups in total. The highest BCUT2D eigenvalue weighted by atomic mass is 16.5. The van der Waals surface area contributed by atoms with Crippen molar-refractivity contribution < 1.29 is 19.4 Å². The van der Waals surface area contributed by atoms with Crippen molar-refractivity contribution >= 4 is 0 Å². The first-order valence-electron chi connectivity index (χ1n) is 7.83. The van der Waals surface area contributed by atoms with Crippen LogP contribution in [0.25, 0.3) is 0 Å². The van der Waals surface area contributed by atoms with Gasteiger partial charge in [-0.2, -0.15) is 0 Å². The van der Waals surface area contributed by atoms with Gasteiger partial charge in [-0.05, 0) is 37.9 Å². The second kappa shape index (κ2) is 8.54. The molecule has 21 heavy (non-hydrogen) atoms. The molecule has 1 aromatic heterocycles. The summed E-state index contributed by atoms with van der Waals surface area (Å²) >= 11 is 0. The Hall–Kier alpha value is -0.880. The van der Waals surface area contributed by atoms with Crippen molar-refractivity contribution in [2.24, 2.45) is 0 Å². The Morgan fingerprint density at radius 1 is 1.38 bits per heavy atom. The van der Waals surface area contributed by atoms with Gasteiger partial charge in [0.25, 0.3) is 0 Å². The van der Waals surface area contributed by atoms with Crippen LogP contribution < -0.4 is 0 Å². The summed E-state index contributed by atoms with van der Waals surface area (Å²) in [6.07, 6.45) is 5.77. The second-order valence-corrected chi connectivity index (χ2v) is 5.87. The maximum Gasteiger partial charge on any atom is 0.132 e. The van der Waals surface area contributed by atoms with Crippen molar-refractivity contribution in [3.8, 4) is 0 Å². The molecule has 0 radical (unpaired) electrons. The van der Waals surface area contributed by atoms with Crippen LogP contribution in [0.5, 0.6) is 0 Å². The number of likely N-dealkylation sites (tertiary alicyclic amines) is 1. The van der Waals surface area contributed by atoms with Gasteiger partial charge in [-0.3, -0.25) is 4.90 Å². The third-order valence-corrected chi connectivity index (χ3v) is 4.17. The van der Waals surface area contributed by atoms with Gasteiger partial charge in [-0.1, -0.05) is 12.8 Å². The van der Waals surface area contributed by atoms with Gasteiger partial charge in [0.2, 0.25) is 0 Å². The van der Waals surface area contributed by atoms with E-state index >= 15 is 0 Å². The Balaban J connectivity index is 1.94. The first-order valence-corrected chi connectivity index (χ1v) is 7.83. The highest BCUT2D eigenvalue weighted by Crippen LogP contribution is 2.26. The van der Waals surface area contributed by atoms with E-state index in [1.807, 2.05) is 6.07 Å². The van der Waals surface area contributed by atoms with Crippen molar-refractivity contribution in [2.75, 3.05) is 26.8 Å². The van der Waals surface area contributed by atoms with Crippen LogP contribution in [-0.2, 0) is 4.74 Å². The Labute approximate surface area is 126 Å². The van der Waals surface area contributed by atoms with Gasteiger partial charge >= 0.3 is 0 Å². The van der Waals surface area contributed by atoms with E-state index < -0.39 is 12.2 Å². The fourth-order valence-electron chi connectivity index (χ4n) is 3.11. The molecule has 5 nitrogen and oxygen atoms in total. The van der Waals surface area contributed by atoms with Crippen LogP contribution in [0.2, 0.25) is 0 Å². The molecular formula is C16H27NO4. The number of hydrogen-bond acceptors (Lipinski definition) is 5. The lowest BCUT2D eigenvalue weighted by Crippen LogP contribution is -2.42. The quantitative estimate of drug-likeness (QED) is 0.805. The number of β-amino-alcohol motifs (C(OH)–C–C–N with tert-alkyl or cyclic N) is 1. The van der Waals surface area contributed by atoms with Gasteiger partial charge in [0.05, 0.1) is 19.0 Å². The number of hydrogen-bond donors (Lipinski definition) is 2.